The lowest BCUT2D eigenvalue weighted by Crippen LogP contribution is -2.31. The number of likely N-dealkylation sites (N-methyl/N-ethyl adjacent to an activating group) is 1. The highest BCUT2D eigenvalue weighted by Crippen LogP contribution is 2.35. The second kappa shape index (κ2) is 7.99. The van der Waals surface area contributed by atoms with Crippen LogP contribution in [-0.2, 0) is 0 Å². The molecule has 1 rings (SSSR count). The van der Waals surface area contributed by atoms with E-state index in [4.69, 9.17) is 9.47 Å². The molecule has 0 spiro atoms. The Balaban J connectivity index is 2.59. The van der Waals surface area contributed by atoms with Gasteiger partial charge in [-0.05, 0) is 50.5 Å². The summed E-state index contributed by atoms with van der Waals surface area (Å²) < 4.78 is 12.3. The van der Waals surface area contributed by atoms with Crippen molar-refractivity contribution in [3.8, 4) is 11.5 Å². The molecule has 0 aromatic heterocycles. The summed E-state index contributed by atoms with van der Waals surface area (Å²) in [5.74, 6) is 1.39. The highest BCUT2D eigenvalue weighted by atomic mass is 79.9. The first-order chi connectivity index (χ1) is 8.58. The number of ether oxygens (including phenoxy) is 2. The number of rotatable bonds is 7. The number of aliphatic hydroxyl groups is 1. The Labute approximate surface area is 124 Å². The van der Waals surface area contributed by atoms with Crippen molar-refractivity contribution >= 4 is 31.9 Å². The van der Waals surface area contributed by atoms with E-state index in [0.717, 1.165) is 21.2 Å². The molecule has 0 bridgehead atoms. The first kappa shape index (κ1) is 15.8. The third kappa shape index (κ3) is 4.76. The fraction of sp³-hybridized carbons (Fsp3) is 0.500. The highest BCUT2D eigenvalue weighted by Gasteiger charge is 2.10. The molecule has 0 saturated carbocycles. The zero-order valence-corrected chi connectivity index (χ0v) is 13.5. The zero-order valence-electron chi connectivity index (χ0n) is 10.4. The third-order valence-electron chi connectivity index (χ3n) is 2.27. The summed E-state index contributed by atoms with van der Waals surface area (Å²) in [4.78, 5) is 0. The van der Waals surface area contributed by atoms with Gasteiger partial charge in [0, 0.05) is 6.54 Å². The van der Waals surface area contributed by atoms with Crippen molar-refractivity contribution in [2.24, 2.45) is 0 Å². The number of hydrogen-bond donors (Lipinski definition) is 2. The predicted molar refractivity (Wildman–Crippen MR) is 78.4 cm³/mol. The zero-order chi connectivity index (χ0) is 13.5. The topological polar surface area (TPSA) is 50.7 Å². The molecule has 0 amide bonds. The van der Waals surface area contributed by atoms with E-state index < -0.39 is 6.10 Å². The molecule has 0 aliphatic heterocycles. The van der Waals surface area contributed by atoms with Gasteiger partial charge in [0.2, 0.25) is 0 Å². The molecular formula is C12H17Br2NO3. The maximum atomic E-state index is 9.66. The van der Waals surface area contributed by atoms with Crippen LogP contribution in [-0.4, -0.2) is 38.0 Å². The van der Waals surface area contributed by atoms with E-state index in [1.165, 1.54) is 0 Å². The van der Waals surface area contributed by atoms with Crippen molar-refractivity contribution in [3.63, 3.8) is 0 Å². The minimum Gasteiger partial charge on any atom is -0.496 e. The van der Waals surface area contributed by atoms with Gasteiger partial charge in [-0.15, -0.1) is 0 Å². The molecule has 18 heavy (non-hydrogen) atoms. The standard InChI is InChI=1S/C12H17Br2NO3/c1-3-15-6-8(16)7-18-12-5-9(13)11(17-2)4-10(12)14/h4-5,8,15-16H,3,6-7H2,1-2H3. The van der Waals surface area contributed by atoms with Crippen LogP contribution in [0.25, 0.3) is 0 Å². The fourth-order valence-electron chi connectivity index (χ4n) is 1.33. The number of hydrogen-bond acceptors (Lipinski definition) is 4. The fourth-order valence-corrected chi connectivity index (χ4v) is 2.25. The minimum atomic E-state index is -0.530. The second-order valence-corrected chi connectivity index (χ2v) is 5.40. The average Bonchev–Trinajstić information content (AvgIpc) is 2.36. The van der Waals surface area contributed by atoms with E-state index in [-0.39, 0.29) is 6.61 Å². The van der Waals surface area contributed by atoms with Crippen LogP contribution in [0.5, 0.6) is 11.5 Å². The number of nitrogens with one attached hydrogen (secondary N) is 1. The molecule has 1 aromatic rings. The predicted octanol–water partition coefficient (Wildman–Crippen LogP) is 2.57. The minimum absolute atomic E-state index is 0.240. The Hall–Kier alpha value is -0.300. The van der Waals surface area contributed by atoms with Crippen LogP contribution in [0.15, 0.2) is 21.1 Å². The Kier molecular flexibility index (Phi) is 6.99. The second-order valence-electron chi connectivity index (χ2n) is 3.69. The van der Waals surface area contributed by atoms with E-state index in [0.29, 0.717) is 12.3 Å². The van der Waals surface area contributed by atoms with Gasteiger partial charge in [0.15, 0.2) is 0 Å². The van der Waals surface area contributed by atoms with Crippen molar-refractivity contribution in [1.29, 1.82) is 0 Å². The summed E-state index contributed by atoms with van der Waals surface area (Å²) in [6.45, 7) is 3.58. The van der Waals surface area contributed by atoms with Gasteiger partial charge in [0.1, 0.15) is 24.2 Å². The molecule has 6 heteroatoms. The van der Waals surface area contributed by atoms with Crippen LogP contribution >= 0.6 is 31.9 Å². The first-order valence-electron chi connectivity index (χ1n) is 5.63. The van der Waals surface area contributed by atoms with E-state index >= 15 is 0 Å². The molecule has 0 heterocycles. The molecule has 2 N–H and O–H groups in total. The summed E-state index contributed by atoms with van der Waals surface area (Å²) in [6, 6.07) is 3.62. The van der Waals surface area contributed by atoms with Crippen LogP contribution in [0.4, 0.5) is 0 Å². The highest BCUT2D eigenvalue weighted by molar-refractivity contribution is 9.11. The van der Waals surface area contributed by atoms with Crippen LogP contribution in [0.1, 0.15) is 6.92 Å². The van der Waals surface area contributed by atoms with Gasteiger partial charge in [-0.2, -0.15) is 0 Å². The third-order valence-corrected chi connectivity index (χ3v) is 3.51. The number of benzene rings is 1. The van der Waals surface area contributed by atoms with E-state index in [9.17, 15) is 5.11 Å². The number of halogens is 2. The molecule has 102 valence electrons. The molecule has 1 unspecified atom stereocenters. The molecule has 0 radical (unpaired) electrons. The van der Waals surface area contributed by atoms with Crippen LogP contribution in [0, 0.1) is 0 Å². The lowest BCUT2D eigenvalue weighted by molar-refractivity contribution is 0.106. The van der Waals surface area contributed by atoms with Gasteiger partial charge < -0.3 is 19.9 Å². The lowest BCUT2D eigenvalue weighted by Gasteiger charge is -2.14. The summed E-state index contributed by atoms with van der Waals surface area (Å²) >= 11 is 6.79. The molecule has 0 saturated heterocycles. The van der Waals surface area contributed by atoms with Crippen molar-refractivity contribution in [2.45, 2.75) is 13.0 Å². The van der Waals surface area contributed by atoms with Gasteiger partial charge >= 0.3 is 0 Å². The molecule has 0 fully saturated rings. The molecule has 4 nitrogen and oxygen atoms in total. The summed E-state index contributed by atoms with van der Waals surface area (Å²) in [5, 5.41) is 12.7. The molecule has 0 aliphatic rings. The quantitative estimate of drug-likeness (QED) is 0.760. The van der Waals surface area contributed by atoms with Gasteiger partial charge in [-0.1, -0.05) is 6.92 Å². The normalized spacial score (nSPS) is 12.3. The summed E-state index contributed by atoms with van der Waals surface area (Å²) in [5.41, 5.74) is 0. The van der Waals surface area contributed by atoms with Crippen molar-refractivity contribution in [2.75, 3.05) is 26.8 Å². The average molecular weight is 383 g/mol. The van der Waals surface area contributed by atoms with Crippen molar-refractivity contribution in [1.82, 2.24) is 5.32 Å². The first-order valence-corrected chi connectivity index (χ1v) is 7.21. The van der Waals surface area contributed by atoms with E-state index in [1.54, 1.807) is 7.11 Å². The molecule has 0 aliphatic carbocycles. The largest absolute Gasteiger partial charge is 0.496 e. The lowest BCUT2D eigenvalue weighted by atomic mass is 10.3. The molecule has 1 aromatic carbocycles. The molecule has 1 atom stereocenters. The Bertz CT molecular complexity index is 388. The Morgan fingerprint density at radius 1 is 1.28 bits per heavy atom. The van der Waals surface area contributed by atoms with Crippen molar-refractivity contribution < 1.29 is 14.6 Å². The van der Waals surface area contributed by atoms with Gasteiger partial charge in [-0.3, -0.25) is 0 Å². The maximum absolute atomic E-state index is 9.66. The Morgan fingerprint density at radius 2 is 1.89 bits per heavy atom. The van der Waals surface area contributed by atoms with E-state index in [1.807, 2.05) is 19.1 Å². The number of aliphatic hydroxyl groups excluding tert-OH is 1. The number of methoxy groups -OCH3 is 1. The van der Waals surface area contributed by atoms with E-state index in [2.05, 4.69) is 37.2 Å². The van der Waals surface area contributed by atoms with Crippen LogP contribution in [0.2, 0.25) is 0 Å². The Morgan fingerprint density at radius 3 is 2.50 bits per heavy atom. The van der Waals surface area contributed by atoms with Crippen molar-refractivity contribution in [3.05, 3.63) is 21.1 Å². The summed E-state index contributed by atoms with van der Waals surface area (Å²) in [6.07, 6.45) is -0.530. The van der Waals surface area contributed by atoms with Crippen LogP contribution < -0.4 is 14.8 Å². The maximum Gasteiger partial charge on any atom is 0.135 e. The van der Waals surface area contributed by atoms with Crippen LogP contribution in [0.3, 0.4) is 0 Å². The molecular weight excluding hydrogens is 366 g/mol. The SMILES string of the molecule is CCNCC(O)COc1cc(Br)c(OC)cc1Br. The van der Waals surface area contributed by atoms with Gasteiger partial charge in [0.05, 0.1) is 16.1 Å². The van der Waals surface area contributed by atoms with Gasteiger partial charge in [0.25, 0.3) is 0 Å². The monoisotopic (exact) mass is 381 g/mol. The summed E-state index contributed by atoms with van der Waals surface area (Å²) in [7, 11) is 1.60. The smallest absolute Gasteiger partial charge is 0.135 e. The van der Waals surface area contributed by atoms with Gasteiger partial charge in [-0.25, -0.2) is 0 Å².